The molecule has 1 aromatic carbocycles. The molecule has 0 aliphatic heterocycles. The largest absolute Gasteiger partial charge is 0.465 e. The Morgan fingerprint density at radius 1 is 1.16 bits per heavy atom. The molecule has 0 spiro atoms. The third kappa shape index (κ3) is 5.67. The molecule has 25 heavy (non-hydrogen) atoms. The second-order valence-corrected chi connectivity index (χ2v) is 7.27. The van der Waals surface area contributed by atoms with Gasteiger partial charge in [-0.05, 0) is 50.1 Å². The van der Waals surface area contributed by atoms with Crippen LogP contribution in [0.3, 0.4) is 0 Å². The summed E-state index contributed by atoms with van der Waals surface area (Å²) in [6.07, 6.45) is 5.29. The fourth-order valence-electron chi connectivity index (χ4n) is 3.46. The first-order chi connectivity index (χ1) is 12.0. The summed E-state index contributed by atoms with van der Waals surface area (Å²) in [5, 5.41) is 0. The minimum atomic E-state index is -0.144. The van der Waals surface area contributed by atoms with E-state index in [1.54, 1.807) is 0 Å². The van der Waals surface area contributed by atoms with Gasteiger partial charge in [0.05, 0.1) is 6.61 Å². The van der Waals surface area contributed by atoms with Gasteiger partial charge in [-0.3, -0.25) is 9.59 Å². The number of rotatable bonds is 8. The summed E-state index contributed by atoms with van der Waals surface area (Å²) in [7, 11) is 0. The zero-order valence-electron chi connectivity index (χ0n) is 15.5. The van der Waals surface area contributed by atoms with Gasteiger partial charge in [0.1, 0.15) is 0 Å². The van der Waals surface area contributed by atoms with Crippen LogP contribution in [0.2, 0.25) is 0 Å². The highest BCUT2D eigenvalue weighted by Crippen LogP contribution is 2.30. The monoisotopic (exact) mass is 345 g/mol. The Balaban J connectivity index is 1.88. The van der Waals surface area contributed by atoms with Crippen LogP contribution in [-0.2, 0) is 9.53 Å². The maximum absolute atomic E-state index is 12.7. The summed E-state index contributed by atoms with van der Waals surface area (Å²) in [5.74, 6) is 0.965. The Hall–Kier alpha value is -1.68. The predicted octanol–water partition coefficient (Wildman–Crippen LogP) is 4.08. The summed E-state index contributed by atoms with van der Waals surface area (Å²) >= 11 is 0. The van der Waals surface area contributed by atoms with E-state index in [-0.39, 0.29) is 23.6 Å². The van der Waals surface area contributed by atoms with Crippen molar-refractivity contribution in [1.29, 1.82) is 0 Å². The van der Waals surface area contributed by atoms with Crippen molar-refractivity contribution in [2.75, 3.05) is 13.2 Å². The summed E-state index contributed by atoms with van der Waals surface area (Å²) in [5.41, 5.74) is 7.60. The molecule has 138 valence electrons. The Labute approximate surface area is 151 Å². The van der Waals surface area contributed by atoms with Crippen LogP contribution in [0.15, 0.2) is 24.3 Å². The van der Waals surface area contributed by atoms with E-state index >= 15 is 0 Å². The van der Waals surface area contributed by atoms with Gasteiger partial charge in [0.15, 0.2) is 5.78 Å². The van der Waals surface area contributed by atoms with Gasteiger partial charge in [0, 0.05) is 23.8 Å². The van der Waals surface area contributed by atoms with E-state index in [4.69, 9.17) is 10.5 Å². The van der Waals surface area contributed by atoms with E-state index in [9.17, 15) is 9.59 Å². The Morgan fingerprint density at radius 3 is 2.36 bits per heavy atom. The van der Waals surface area contributed by atoms with Crippen LogP contribution in [0.4, 0.5) is 0 Å². The first kappa shape index (κ1) is 19.6. The van der Waals surface area contributed by atoms with E-state index in [2.05, 4.69) is 0 Å². The van der Waals surface area contributed by atoms with Gasteiger partial charge in [0.2, 0.25) is 0 Å². The SMILES string of the molecule is CCCC(=O)OCC(C)c1ccc(C(=O)C2CCC(CN)CC2)cc1. The quantitative estimate of drug-likeness (QED) is 0.569. The van der Waals surface area contributed by atoms with Gasteiger partial charge in [-0.1, -0.05) is 38.1 Å². The smallest absolute Gasteiger partial charge is 0.305 e. The predicted molar refractivity (Wildman–Crippen MR) is 99.6 cm³/mol. The summed E-state index contributed by atoms with van der Waals surface area (Å²) in [6, 6.07) is 7.79. The van der Waals surface area contributed by atoms with Crippen LogP contribution >= 0.6 is 0 Å². The molecule has 0 radical (unpaired) electrons. The lowest BCUT2D eigenvalue weighted by Gasteiger charge is -2.26. The third-order valence-corrected chi connectivity index (χ3v) is 5.26. The van der Waals surface area contributed by atoms with Crippen LogP contribution in [0.1, 0.15) is 74.2 Å². The molecule has 1 saturated carbocycles. The molecule has 1 atom stereocenters. The number of ether oxygens (including phenoxy) is 1. The number of hydrogen-bond acceptors (Lipinski definition) is 4. The molecule has 1 aromatic rings. The van der Waals surface area contributed by atoms with Crippen molar-refractivity contribution in [2.45, 2.75) is 58.3 Å². The number of benzene rings is 1. The lowest BCUT2D eigenvalue weighted by molar-refractivity contribution is -0.144. The third-order valence-electron chi connectivity index (χ3n) is 5.26. The minimum Gasteiger partial charge on any atom is -0.465 e. The van der Waals surface area contributed by atoms with Crippen LogP contribution in [0, 0.1) is 11.8 Å². The van der Waals surface area contributed by atoms with E-state index in [0.717, 1.165) is 49.8 Å². The second kappa shape index (κ2) is 9.71. The molecule has 1 aliphatic rings. The highest BCUT2D eigenvalue weighted by Gasteiger charge is 2.26. The lowest BCUT2D eigenvalue weighted by atomic mass is 9.78. The molecular weight excluding hydrogens is 314 g/mol. The topological polar surface area (TPSA) is 69.4 Å². The fraction of sp³-hybridized carbons (Fsp3) is 0.619. The maximum Gasteiger partial charge on any atom is 0.305 e. The Morgan fingerprint density at radius 2 is 1.80 bits per heavy atom. The van der Waals surface area contributed by atoms with E-state index in [1.807, 2.05) is 38.1 Å². The number of carbonyl (C=O) groups excluding carboxylic acids is 2. The molecule has 0 heterocycles. The van der Waals surface area contributed by atoms with E-state index in [1.165, 1.54) is 0 Å². The number of ketones is 1. The van der Waals surface area contributed by atoms with Gasteiger partial charge < -0.3 is 10.5 Å². The first-order valence-electron chi connectivity index (χ1n) is 9.55. The van der Waals surface area contributed by atoms with Crippen molar-refractivity contribution >= 4 is 11.8 Å². The molecule has 0 amide bonds. The zero-order valence-corrected chi connectivity index (χ0v) is 15.5. The summed E-state index contributed by atoms with van der Waals surface area (Å²) < 4.78 is 5.28. The molecule has 0 aromatic heterocycles. The van der Waals surface area contributed by atoms with Crippen molar-refractivity contribution in [1.82, 2.24) is 0 Å². The molecular formula is C21H31NO3. The van der Waals surface area contributed by atoms with Crippen molar-refractivity contribution < 1.29 is 14.3 Å². The number of esters is 1. The molecule has 0 saturated heterocycles. The lowest BCUT2D eigenvalue weighted by Crippen LogP contribution is -2.25. The number of hydrogen-bond donors (Lipinski definition) is 1. The Bertz CT molecular complexity index is 559. The number of Topliss-reactive ketones (excluding diaryl/α,β-unsaturated/α-hetero) is 1. The van der Waals surface area contributed by atoms with Crippen LogP contribution in [0.25, 0.3) is 0 Å². The second-order valence-electron chi connectivity index (χ2n) is 7.27. The van der Waals surface area contributed by atoms with Crippen molar-refractivity contribution in [3.8, 4) is 0 Å². The fourth-order valence-corrected chi connectivity index (χ4v) is 3.46. The van der Waals surface area contributed by atoms with Crippen molar-refractivity contribution in [3.63, 3.8) is 0 Å². The number of carbonyl (C=O) groups is 2. The molecule has 1 unspecified atom stereocenters. The van der Waals surface area contributed by atoms with Gasteiger partial charge >= 0.3 is 5.97 Å². The molecule has 2 N–H and O–H groups in total. The highest BCUT2D eigenvalue weighted by molar-refractivity contribution is 5.97. The summed E-state index contributed by atoms with van der Waals surface area (Å²) in [4.78, 5) is 24.1. The van der Waals surface area contributed by atoms with E-state index < -0.39 is 0 Å². The standard InChI is InChI=1S/C21H31NO3/c1-3-4-20(23)25-14-15(2)17-9-11-19(12-10-17)21(24)18-7-5-16(13-22)6-8-18/h9-12,15-16,18H,3-8,13-14,22H2,1-2H3. The molecule has 4 nitrogen and oxygen atoms in total. The highest BCUT2D eigenvalue weighted by atomic mass is 16.5. The minimum absolute atomic E-state index is 0.130. The van der Waals surface area contributed by atoms with Crippen LogP contribution in [0.5, 0.6) is 0 Å². The molecule has 4 heteroatoms. The van der Waals surface area contributed by atoms with E-state index in [0.29, 0.717) is 18.9 Å². The van der Waals surface area contributed by atoms with Crippen molar-refractivity contribution in [3.05, 3.63) is 35.4 Å². The van der Waals surface area contributed by atoms with Gasteiger partial charge in [-0.15, -0.1) is 0 Å². The molecule has 1 aliphatic carbocycles. The van der Waals surface area contributed by atoms with Crippen LogP contribution in [-0.4, -0.2) is 24.9 Å². The molecule has 2 rings (SSSR count). The molecule has 0 bridgehead atoms. The number of nitrogens with two attached hydrogens (primary N) is 1. The van der Waals surface area contributed by atoms with Gasteiger partial charge in [-0.25, -0.2) is 0 Å². The summed E-state index contributed by atoms with van der Waals surface area (Å²) in [6.45, 7) is 5.11. The zero-order chi connectivity index (χ0) is 18.2. The van der Waals surface area contributed by atoms with Gasteiger partial charge in [0.25, 0.3) is 0 Å². The maximum atomic E-state index is 12.7. The molecule has 1 fully saturated rings. The average molecular weight is 345 g/mol. The van der Waals surface area contributed by atoms with Crippen molar-refractivity contribution in [2.24, 2.45) is 17.6 Å². The first-order valence-corrected chi connectivity index (χ1v) is 9.55. The average Bonchev–Trinajstić information content (AvgIpc) is 2.66. The van der Waals surface area contributed by atoms with Gasteiger partial charge in [-0.2, -0.15) is 0 Å². The Kier molecular flexibility index (Phi) is 7.63. The normalized spacial score (nSPS) is 21.6. The van der Waals surface area contributed by atoms with Crippen LogP contribution < -0.4 is 5.73 Å².